The lowest BCUT2D eigenvalue weighted by Gasteiger charge is -2.33. The van der Waals surface area contributed by atoms with Crippen molar-refractivity contribution >= 4 is 11.5 Å². The third-order valence-corrected chi connectivity index (χ3v) is 6.89. The first-order valence-corrected chi connectivity index (χ1v) is 10.9. The molecule has 2 aliphatic carbocycles. The molecule has 5 rings (SSSR count). The summed E-state index contributed by atoms with van der Waals surface area (Å²) in [6.45, 7) is 6.55. The fourth-order valence-corrected chi connectivity index (χ4v) is 4.92. The first-order valence-electron chi connectivity index (χ1n) is 10.9. The summed E-state index contributed by atoms with van der Waals surface area (Å²) in [6, 6.07) is 6.71. The summed E-state index contributed by atoms with van der Waals surface area (Å²) >= 11 is 0. The zero-order valence-corrected chi connectivity index (χ0v) is 17.9. The van der Waals surface area contributed by atoms with Crippen LogP contribution in [-0.2, 0) is 12.8 Å². The maximum absolute atomic E-state index is 5.40. The van der Waals surface area contributed by atoms with Crippen LogP contribution in [0.2, 0.25) is 0 Å². The first-order chi connectivity index (χ1) is 14.1. The van der Waals surface area contributed by atoms with Crippen LogP contribution in [0.25, 0.3) is 16.8 Å². The molecule has 1 aromatic carbocycles. The molecule has 29 heavy (non-hydrogen) atoms. The molecule has 2 aliphatic rings. The summed E-state index contributed by atoms with van der Waals surface area (Å²) in [5, 5.41) is 8.82. The summed E-state index contributed by atoms with van der Waals surface area (Å²) < 4.78 is 7.48. The molecule has 1 N–H and O–H groups in total. The van der Waals surface area contributed by atoms with Gasteiger partial charge in [-0.3, -0.25) is 0 Å². The van der Waals surface area contributed by atoms with Crippen LogP contribution < -0.4 is 10.1 Å². The number of rotatable bonds is 5. The number of anilines is 1. The van der Waals surface area contributed by atoms with Crippen LogP contribution in [0.15, 0.2) is 18.2 Å². The topological polar surface area (TPSA) is 51.5 Å². The fraction of sp³-hybridized carbons (Fsp3) is 0.500. The van der Waals surface area contributed by atoms with Gasteiger partial charge in [0.2, 0.25) is 0 Å². The molecule has 1 atom stereocenters. The second kappa shape index (κ2) is 7.05. The van der Waals surface area contributed by atoms with Crippen molar-refractivity contribution < 1.29 is 4.74 Å². The van der Waals surface area contributed by atoms with Crippen LogP contribution in [0, 0.1) is 19.8 Å². The number of fused-ring (bicyclic) bond motifs is 2. The van der Waals surface area contributed by atoms with E-state index in [4.69, 9.17) is 14.8 Å². The molecule has 0 radical (unpaired) electrons. The Labute approximate surface area is 172 Å². The van der Waals surface area contributed by atoms with Gasteiger partial charge < -0.3 is 10.1 Å². The lowest BCUT2D eigenvalue weighted by Crippen LogP contribution is -2.32. The Morgan fingerprint density at radius 2 is 2.00 bits per heavy atom. The van der Waals surface area contributed by atoms with Gasteiger partial charge in [0.05, 0.1) is 12.8 Å². The van der Waals surface area contributed by atoms with E-state index in [2.05, 4.69) is 42.7 Å². The van der Waals surface area contributed by atoms with E-state index < -0.39 is 0 Å². The van der Waals surface area contributed by atoms with Crippen LogP contribution in [0.3, 0.4) is 0 Å². The number of aromatic nitrogens is 3. The minimum atomic E-state index is 0.467. The van der Waals surface area contributed by atoms with E-state index in [1.54, 1.807) is 7.11 Å². The van der Waals surface area contributed by atoms with E-state index in [1.165, 1.54) is 53.9 Å². The highest BCUT2D eigenvalue weighted by molar-refractivity contribution is 5.83. The molecular formula is C24H30N4O. The Balaban J connectivity index is 1.67. The van der Waals surface area contributed by atoms with Gasteiger partial charge in [-0.15, -0.1) is 0 Å². The third-order valence-electron chi connectivity index (χ3n) is 6.89. The van der Waals surface area contributed by atoms with Crippen molar-refractivity contribution in [1.29, 1.82) is 0 Å². The Bertz CT molecular complexity index is 1080. The van der Waals surface area contributed by atoms with Crippen molar-refractivity contribution in [2.24, 2.45) is 5.92 Å². The zero-order valence-electron chi connectivity index (χ0n) is 17.9. The molecule has 2 aromatic heterocycles. The number of ether oxygens (including phenoxy) is 1. The third kappa shape index (κ3) is 2.98. The highest BCUT2D eigenvalue weighted by atomic mass is 16.5. The smallest absolute Gasteiger partial charge is 0.165 e. The summed E-state index contributed by atoms with van der Waals surface area (Å²) in [6.07, 6.45) is 7.36. The van der Waals surface area contributed by atoms with Crippen LogP contribution in [0.4, 0.5) is 5.82 Å². The van der Waals surface area contributed by atoms with Crippen molar-refractivity contribution in [2.45, 2.75) is 65.3 Å². The Kier molecular flexibility index (Phi) is 4.49. The second-order valence-electron chi connectivity index (χ2n) is 8.74. The predicted octanol–water partition coefficient (Wildman–Crippen LogP) is 5.11. The van der Waals surface area contributed by atoms with Gasteiger partial charge in [-0.2, -0.15) is 9.61 Å². The van der Waals surface area contributed by atoms with E-state index in [1.807, 2.05) is 6.07 Å². The summed E-state index contributed by atoms with van der Waals surface area (Å²) in [5.41, 5.74) is 8.11. The maximum atomic E-state index is 5.40. The van der Waals surface area contributed by atoms with Crippen LogP contribution in [-0.4, -0.2) is 27.7 Å². The Hall–Kier alpha value is -2.56. The van der Waals surface area contributed by atoms with Crippen molar-refractivity contribution in [2.75, 3.05) is 12.4 Å². The van der Waals surface area contributed by atoms with E-state index in [9.17, 15) is 0 Å². The molecule has 1 unspecified atom stereocenters. The fourth-order valence-electron chi connectivity index (χ4n) is 4.92. The van der Waals surface area contributed by atoms with Gasteiger partial charge in [-0.1, -0.05) is 12.5 Å². The van der Waals surface area contributed by atoms with Crippen molar-refractivity contribution in [3.63, 3.8) is 0 Å². The Morgan fingerprint density at radius 1 is 1.17 bits per heavy atom. The molecular weight excluding hydrogens is 360 g/mol. The van der Waals surface area contributed by atoms with Gasteiger partial charge in [0, 0.05) is 22.9 Å². The summed E-state index contributed by atoms with van der Waals surface area (Å²) in [4.78, 5) is 5.11. The van der Waals surface area contributed by atoms with Gasteiger partial charge in [0.1, 0.15) is 11.6 Å². The van der Waals surface area contributed by atoms with Crippen LogP contribution >= 0.6 is 0 Å². The molecule has 0 spiro atoms. The summed E-state index contributed by atoms with van der Waals surface area (Å²) in [7, 11) is 1.71. The molecule has 3 aromatic rings. The molecule has 1 fully saturated rings. The van der Waals surface area contributed by atoms with Gasteiger partial charge in [-0.05, 0) is 82.1 Å². The molecule has 5 heteroatoms. The number of aryl methyl sites for hydroxylation is 3. The molecule has 0 amide bonds. The van der Waals surface area contributed by atoms with Crippen LogP contribution in [0.1, 0.15) is 55.1 Å². The van der Waals surface area contributed by atoms with E-state index in [0.717, 1.165) is 41.4 Å². The van der Waals surface area contributed by atoms with Gasteiger partial charge in [0.15, 0.2) is 5.65 Å². The van der Waals surface area contributed by atoms with Gasteiger partial charge in [-0.25, -0.2) is 4.98 Å². The minimum absolute atomic E-state index is 0.467. The van der Waals surface area contributed by atoms with Crippen molar-refractivity contribution in [3.8, 4) is 16.9 Å². The lowest BCUT2D eigenvalue weighted by molar-refractivity contribution is 0.284. The molecule has 152 valence electrons. The molecule has 2 heterocycles. The normalized spacial score (nSPS) is 17.2. The van der Waals surface area contributed by atoms with E-state index >= 15 is 0 Å². The monoisotopic (exact) mass is 390 g/mol. The standard InChI is InChI=1S/C24H30N4O/c1-14-13-18(29-4)11-12-19(14)22-16(3)27-28-23(25-15(2)17-7-5-8-17)20-9-6-10-21(20)26-24(22)28/h11-13,15,17,25H,5-10H2,1-4H3. The molecule has 0 bridgehead atoms. The lowest BCUT2D eigenvalue weighted by atomic mass is 9.80. The number of nitrogens with one attached hydrogen (secondary N) is 1. The number of hydrogen-bond donors (Lipinski definition) is 1. The number of benzene rings is 1. The average Bonchev–Trinajstić information content (AvgIpc) is 3.24. The number of nitrogens with zero attached hydrogens (tertiary/aromatic N) is 3. The van der Waals surface area contributed by atoms with Crippen LogP contribution in [0.5, 0.6) is 5.75 Å². The summed E-state index contributed by atoms with van der Waals surface area (Å²) in [5.74, 6) is 2.82. The largest absolute Gasteiger partial charge is 0.497 e. The highest BCUT2D eigenvalue weighted by Crippen LogP contribution is 2.38. The zero-order chi connectivity index (χ0) is 20.1. The molecule has 0 saturated heterocycles. The minimum Gasteiger partial charge on any atom is -0.497 e. The number of methoxy groups -OCH3 is 1. The second-order valence-corrected chi connectivity index (χ2v) is 8.74. The van der Waals surface area contributed by atoms with Gasteiger partial charge >= 0.3 is 0 Å². The SMILES string of the molecule is COc1ccc(-c2c(C)nn3c(NC(C)C4CCC4)c4c(nc23)CCC4)c(C)c1. The van der Waals surface area contributed by atoms with Crippen molar-refractivity contribution in [1.82, 2.24) is 14.6 Å². The first kappa shape index (κ1) is 18.5. The molecule has 1 saturated carbocycles. The number of hydrogen-bond acceptors (Lipinski definition) is 4. The van der Waals surface area contributed by atoms with E-state index in [0.29, 0.717) is 6.04 Å². The highest BCUT2D eigenvalue weighted by Gasteiger charge is 2.28. The predicted molar refractivity (Wildman–Crippen MR) is 117 cm³/mol. The quantitative estimate of drug-likeness (QED) is 0.658. The molecule has 0 aliphatic heterocycles. The average molecular weight is 391 g/mol. The van der Waals surface area contributed by atoms with E-state index in [-0.39, 0.29) is 0 Å². The molecule has 5 nitrogen and oxygen atoms in total. The Morgan fingerprint density at radius 3 is 2.69 bits per heavy atom. The maximum Gasteiger partial charge on any atom is 0.165 e. The van der Waals surface area contributed by atoms with Gasteiger partial charge in [0.25, 0.3) is 0 Å². The van der Waals surface area contributed by atoms with Crippen molar-refractivity contribution in [3.05, 3.63) is 40.7 Å².